The molecule has 2 aromatic rings. The van der Waals surface area contributed by atoms with Crippen LogP contribution in [0.4, 0.5) is 0 Å². The molecule has 0 bridgehead atoms. The normalized spacial score (nSPS) is 17.1. The Balaban J connectivity index is 1.53. The van der Waals surface area contributed by atoms with Crippen molar-refractivity contribution in [1.29, 1.82) is 0 Å². The molecule has 2 aromatic carbocycles. The number of rotatable bonds is 5. The zero-order valence-electron chi connectivity index (χ0n) is 16.0. The van der Waals surface area contributed by atoms with Crippen LogP contribution in [0.1, 0.15) is 11.1 Å². The zero-order chi connectivity index (χ0) is 20.4. The molecular weight excluding hydrogens is 406 g/mol. The summed E-state index contributed by atoms with van der Waals surface area (Å²) in [5, 5.41) is 0. The highest BCUT2D eigenvalue weighted by molar-refractivity contribution is 8.26. The number of carbonyl (C=O) groups excluding carboxylic acids is 1. The van der Waals surface area contributed by atoms with E-state index in [1.165, 1.54) is 11.8 Å². The van der Waals surface area contributed by atoms with Crippen LogP contribution in [0.3, 0.4) is 0 Å². The summed E-state index contributed by atoms with van der Waals surface area (Å²) in [4.78, 5) is 15.1. The SMILES string of the molecule is COc1ccc(CN2C(=O)/C(=C/C3=Cc4cccc(OC)c4OC3)SC2=S)cc1. The van der Waals surface area contributed by atoms with Gasteiger partial charge in [-0.05, 0) is 41.5 Å². The lowest BCUT2D eigenvalue weighted by molar-refractivity contribution is -0.122. The number of benzene rings is 2. The summed E-state index contributed by atoms with van der Waals surface area (Å²) < 4.78 is 16.9. The minimum Gasteiger partial charge on any atom is -0.497 e. The number of amides is 1. The van der Waals surface area contributed by atoms with Gasteiger partial charge in [-0.3, -0.25) is 9.69 Å². The Bertz CT molecular complexity index is 1030. The third-order valence-corrected chi connectivity index (χ3v) is 6.02. The van der Waals surface area contributed by atoms with Crippen molar-refractivity contribution in [2.24, 2.45) is 0 Å². The topological polar surface area (TPSA) is 48.0 Å². The number of hydrogen-bond donors (Lipinski definition) is 0. The Morgan fingerprint density at radius 1 is 1.17 bits per heavy atom. The quantitative estimate of drug-likeness (QED) is 0.522. The molecule has 0 N–H and O–H groups in total. The number of carbonyl (C=O) groups is 1. The van der Waals surface area contributed by atoms with E-state index >= 15 is 0 Å². The summed E-state index contributed by atoms with van der Waals surface area (Å²) in [6, 6.07) is 13.3. The first-order chi connectivity index (χ1) is 14.1. The van der Waals surface area contributed by atoms with Gasteiger partial charge in [0.05, 0.1) is 25.7 Å². The molecule has 0 spiro atoms. The van der Waals surface area contributed by atoms with Gasteiger partial charge < -0.3 is 14.2 Å². The first-order valence-electron chi connectivity index (χ1n) is 8.97. The van der Waals surface area contributed by atoms with Crippen LogP contribution in [0.15, 0.2) is 59.0 Å². The van der Waals surface area contributed by atoms with Crippen LogP contribution in [0.2, 0.25) is 0 Å². The minimum absolute atomic E-state index is 0.0897. The van der Waals surface area contributed by atoms with Crippen molar-refractivity contribution >= 4 is 40.3 Å². The summed E-state index contributed by atoms with van der Waals surface area (Å²) >= 11 is 6.76. The van der Waals surface area contributed by atoms with Gasteiger partial charge in [-0.1, -0.05) is 48.2 Å². The van der Waals surface area contributed by atoms with Gasteiger partial charge in [-0.2, -0.15) is 0 Å². The predicted octanol–water partition coefficient (Wildman–Crippen LogP) is 4.42. The van der Waals surface area contributed by atoms with Gasteiger partial charge in [0.2, 0.25) is 0 Å². The molecular formula is C22H19NO4S2. The molecule has 7 heteroatoms. The molecule has 0 unspecified atom stereocenters. The lowest BCUT2D eigenvalue weighted by Gasteiger charge is -2.18. The van der Waals surface area contributed by atoms with E-state index in [0.717, 1.165) is 28.2 Å². The highest BCUT2D eigenvalue weighted by Crippen LogP contribution is 2.38. The fourth-order valence-electron chi connectivity index (χ4n) is 3.16. The fraction of sp³-hybridized carbons (Fsp3) is 0.182. The lowest BCUT2D eigenvalue weighted by atomic mass is 10.1. The highest BCUT2D eigenvalue weighted by Gasteiger charge is 2.32. The molecule has 0 atom stereocenters. The average molecular weight is 426 g/mol. The molecule has 0 radical (unpaired) electrons. The largest absolute Gasteiger partial charge is 0.497 e. The van der Waals surface area contributed by atoms with Crippen LogP contribution in [0.5, 0.6) is 17.2 Å². The van der Waals surface area contributed by atoms with Crippen molar-refractivity contribution in [2.45, 2.75) is 6.54 Å². The second-order valence-electron chi connectivity index (χ2n) is 6.50. The van der Waals surface area contributed by atoms with Gasteiger partial charge in [0.1, 0.15) is 16.7 Å². The van der Waals surface area contributed by atoms with E-state index < -0.39 is 0 Å². The van der Waals surface area contributed by atoms with Crippen LogP contribution in [-0.2, 0) is 11.3 Å². The second kappa shape index (κ2) is 8.31. The van der Waals surface area contributed by atoms with Gasteiger partial charge >= 0.3 is 0 Å². The first kappa shape index (κ1) is 19.5. The van der Waals surface area contributed by atoms with Gasteiger partial charge in [-0.15, -0.1) is 0 Å². The smallest absolute Gasteiger partial charge is 0.266 e. The van der Waals surface area contributed by atoms with Crippen molar-refractivity contribution in [2.75, 3.05) is 20.8 Å². The number of para-hydroxylation sites is 1. The number of hydrogen-bond acceptors (Lipinski definition) is 6. The summed E-state index contributed by atoms with van der Waals surface area (Å²) in [6.07, 6.45) is 3.87. The molecule has 2 aliphatic heterocycles. The van der Waals surface area contributed by atoms with Crippen LogP contribution in [0.25, 0.3) is 6.08 Å². The van der Waals surface area contributed by atoms with E-state index in [9.17, 15) is 4.79 Å². The molecule has 1 fully saturated rings. The molecule has 1 saturated heterocycles. The molecule has 148 valence electrons. The zero-order valence-corrected chi connectivity index (χ0v) is 17.6. The maximum atomic E-state index is 12.9. The standard InChI is InChI=1S/C22H19NO4S2/c1-25-17-8-6-14(7-9-17)12-23-21(24)19(29-22(23)28)11-15-10-16-4-3-5-18(26-2)20(16)27-13-15/h3-11H,12-13H2,1-2H3/b19-11-. The molecule has 2 heterocycles. The van der Waals surface area contributed by atoms with E-state index in [1.807, 2.05) is 54.6 Å². The van der Waals surface area contributed by atoms with Crippen molar-refractivity contribution < 1.29 is 19.0 Å². The van der Waals surface area contributed by atoms with Crippen LogP contribution in [0, 0.1) is 0 Å². The van der Waals surface area contributed by atoms with Crippen LogP contribution >= 0.6 is 24.0 Å². The average Bonchev–Trinajstić information content (AvgIpc) is 3.01. The Morgan fingerprint density at radius 3 is 2.69 bits per heavy atom. The van der Waals surface area contributed by atoms with Crippen LogP contribution < -0.4 is 14.2 Å². The molecule has 2 aliphatic rings. The number of fused-ring (bicyclic) bond motifs is 1. The number of nitrogens with zero attached hydrogens (tertiary/aromatic N) is 1. The Morgan fingerprint density at radius 2 is 1.97 bits per heavy atom. The first-order valence-corrected chi connectivity index (χ1v) is 10.2. The molecule has 0 aromatic heterocycles. The lowest BCUT2D eigenvalue weighted by Crippen LogP contribution is -2.27. The van der Waals surface area contributed by atoms with Gasteiger partial charge in [-0.25, -0.2) is 0 Å². The van der Waals surface area contributed by atoms with E-state index in [0.29, 0.717) is 28.1 Å². The minimum atomic E-state index is -0.0897. The van der Waals surface area contributed by atoms with E-state index in [-0.39, 0.29) is 5.91 Å². The second-order valence-corrected chi connectivity index (χ2v) is 8.18. The monoisotopic (exact) mass is 425 g/mol. The van der Waals surface area contributed by atoms with Gasteiger partial charge in [0.15, 0.2) is 11.5 Å². The highest BCUT2D eigenvalue weighted by atomic mass is 32.2. The van der Waals surface area contributed by atoms with Crippen molar-refractivity contribution in [3.05, 3.63) is 70.1 Å². The maximum absolute atomic E-state index is 12.9. The van der Waals surface area contributed by atoms with E-state index in [1.54, 1.807) is 19.1 Å². The summed E-state index contributed by atoms with van der Waals surface area (Å²) in [5.74, 6) is 2.11. The Hall–Kier alpha value is -2.77. The molecule has 1 amide bonds. The van der Waals surface area contributed by atoms with Crippen molar-refractivity contribution in [1.82, 2.24) is 4.90 Å². The Labute approximate surface area is 178 Å². The number of thioether (sulfide) groups is 1. The molecule has 0 saturated carbocycles. The number of thiocarbonyl (C=S) groups is 1. The van der Waals surface area contributed by atoms with Crippen molar-refractivity contribution in [3.8, 4) is 17.2 Å². The molecule has 5 nitrogen and oxygen atoms in total. The summed E-state index contributed by atoms with van der Waals surface area (Å²) in [7, 11) is 3.24. The fourth-order valence-corrected chi connectivity index (χ4v) is 4.43. The number of methoxy groups -OCH3 is 2. The third-order valence-electron chi connectivity index (χ3n) is 4.64. The summed E-state index contributed by atoms with van der Waals surface area (Å²) in [6.45, 7) is 0.803. The summed E-state index contributed by atoms with van der Waals surface area (Å²) in [5.41, 5.74) is 2.83. The van der Waals surface area contributed by atoms with E-state index in [4.69, 9.17) is 26.4 Å². The molecule has 29 heavy (non-hydrogen) atoms. The van der Waals surface area contributed by atoms with Gasteiger partial charge in [0, 0.05) is 5.56 Å². The number of ether oxygens (including phenoxy) is 3. The molecule has 4 rings (SSSR count). The van der Waals surface area contributed by atoms with Gasteiger partial charge in [0.25, 0.3) is 5.91 Å². The van der Waals surface area contributed by atoms with E-state index in [2.05, 4.69) is 0 Å². The van der Waals surface area contributed by atoms with Crippen molar-refractivity contribution in [3.63, 3.8) is 0 Å². The maximum Gasteiger partial charge on any atom is 0.266 e. The molecule has 0 aliphatic carbocycles. The van der Waals surface area contributed by atoms with Crippen LogP contribution in [-0.4, -0.2) is 36.0 Å². The predicted molar refractivity (Wildman–Crippen MR) is 118 cm³/mol. The third kappa shape index (κ3) is 4.02. The Kier molecular flexibility index (Phi) is 5.60.